The number of aromatic nitrogens is 2. The molecule has 1 N–H and O–H groups in total. The summed E-state index contributed by atoms with van der Waals surface area (Å²) in [5, 5.41) is 3.65. The maximum atomic E-state index is 12.1. The number of nitrogens with zero attached hydrogens (tertiary/aromatic N) is 2. The van der Waals surface area contributed by atoms with E-state index in [0.29, 0.717) is 24.4 Å². The van der Waals surface area contributed by atoms with Gasteiger partial charge in [0, 0.05) is 26.0 Å². The Bertz CT molecular complexity index is 651. The van der Waals surface area contributed by atoms with E-state index in [1.165, 1.54) is 0 Å². The van der Waals surface area contributed by atoms with E-state index in [0.717, 1.165) is 5.56 Å². The summed E-state index contributed by atoms with van der Waals surface area (Å²) in [7, 11) is -1.63. The van der Waals surface area contributed by atoms with Gasteiger partial charge in [-0.1, -0.05) is 5.16 Å². The molecule has 0 atom stereocenters. The van der Waals surface area contributed by atoms with Crippen LogP contribution in [0.5, 0.6) is 0 Å². The lowest BCUT2D eigenvalue weighted by atomic mass is 10.2. The van der Waals surface area contributed by atoms with Gasteiger partial charge in [0.1, 0.15) is 10.6 Å². The first-order valence-electron chi connectivity index (χ1n) is 5.93. The van der Waals surface area contributed by atoms with Gasteiger partial charge in [-0.3, -0.25) is 0 Å². The molecular formula is C12H17N3O3S. The highest BCUT2D eigenvalue weighted by atomic mass is 32.2. The summed E-state index contributed by atoms with van der Waals surface area (Å²) >= 11 is 0. The third-order valence-electron chi connectivity index (χ3n) is 2.84. The molecule has 0 aromatic carbocycles. The molecule has 0 saturated carbocycles. The average molecular weight is 283 g/mol. The Morgan fingerprint density at radius 3 is 2.68 bits per heavy atom. The summed E-state index contributed by atoms with van der Waals surface area (Å²) in [5.74, 6) is 0.310. The predicted molar refractivity (Wildman–Crippen MR) is 70.3 cm³/mol. The van der Waals surface area contributed by atoms with Crippen LogP contribution in [-0.2, 0) is 23.5 Å². The van der Waals surface area contributed by atoms with Gasteiger partial charge in [-0.2, -0.15) is 0 Å². The molecule has 0 amide bonds. The molecule has 0 spiro atoms. The number of sulfonamides is 1. The summed E-state index contributed by atoms with van der Waals surface area (Å²) in [6.45, 7) is 3.55. The lowest BCUT2D eigenvalue weighted by Crippen LogP contribution is -2.26. The third-order valence-corrected chi connectivity index (χ3v) is 4.54. The van der Waals surface area contributed by atoms with Gasteiger partial charge in [-0.25, -0.2) is 13.1 Å². The molecule has 0 saturated heterocycles. The molecule has 0 aliphatic carbocycles. The maximum Gasteiger partial charge on any atom is 0.245 e. The minimum Gasteiger partial charge on any atom is -0.360 e. The molecule has 2 rings (SSSR count). The van der Waals surface area contributed by atoms with E-state index in [4.69, 9.17) is 4.52 Å². The first-order chi connectivity index (χ1) is 8.90. The number of hydrogen-bond acceptors (Lipinski definition) is 4. The third kappa shape index (κ3) is 3.05. The fourth-order valence-electron chi connectivity index (χ4n) is 1.97. The summed E-state index contributed by atoms with van der Waals surface area (Å²) in [6.07, 6.45) is 4.53. The molecule has 0 radical (unpaired) electrons. The highest BCUT2D eigenvalue weighted by Crippen LogP contribution is 2.18. The molecule has 6 nitrogen and oxygen atoms in total. The number of hydrogen-bond donors (Lipinski definition) is 1. The molecule has 2 heterocycles. The summed E-state index contributed by atoms with van der Waals surface area (Å²) in [4.78, 5) is 0.139. The lowest BCUT2D eigenvalue weighted by molar-refractivity contribution is 0.390. The molecule has 0 fully saturated rings. The number of rotatable bonds is 5. The molecule has 2 aromatic rings. The van der Waals surface area contributed by atoms with Crippen LogP contribution in [0.2, 0.25) is 0 Å². The number of aryl methyl sites for hydroxylation is 3. The monoisotopic (exact) mass is 283 g/mol. The molecule has 104 valence electrons. The van der Waals surface area contributed by atoms with Crippen LogP contribution in [0.25, 0.3) is 0 Å². The highest BCUT2D eigenvalue weighted by Gasteiger charge is 2.23. The van der Waals surface area contributed by atoms with Crippen LogP contribution in [0.4, 0.5) is 0 Å². The summed E-state index contributed by atoms with van der Waals surface area (Å²) in [6, 6.07) is 1.96. The Labute approximate surface area is 112 Å². The minimum atomic E-state index is -3.55. The van der Waals surface area contributed by atoms with Crippen molar-refractivity contribution in [3.63, 3.8) is 0 Å². The Hall–Kier alpha value is -1.60. The minimum absolute atomic E-state index is 0.139. The average Bonchev–Trinajstić information content (AvgIpc) is 2.86. The van der Waals surface area contributed by atoms with Gasteiger partial charge in [0.15, 0.2) is 5.76 Å². The van der Waals surface area contributed by atoms with Crippen LogP contribution >= 0.6 is 0 Å². The molecule has 0 aliphatic rings. The van der Waals surface area contributed by atoms with Crippen molar-refractivity contribution in [1.29, 1.82) is 0 Å². The van der Waals surface area contributed by atoms with Gasteiger partial charge < -0.3 is 9.09 Å². The van der Waals surface area contributed by atoms with Crippen molar-refractivity contribution in [3.8, 4) is 0 Å². The summed E-state index contributed by atoms with van der Waals surface area (Å²) in [5.41, 5.74) is 1.47. The van der Waals surface area contributed by atoms with E-state index in [9.17, 15) is 8.42 Å². The Kier molecular flexibility index (Phi) is 3.77. The SMILES string of the molecule is Cc1noc(C)c1S(=O)(=O)NCCc1ccn(C)c1. The lowest BCUT2D eigenvalue weighted by Gasteiger charge is -2.05. The summed E-state index contributed by atoms with van der Waals surface area (Å²) < 4.78 is 33.6. The number of nitrogens with one attached hydrogen (secondary N) is 1. The zero-order valence-electron chi connectivity index (χ0n) is 11.2. The second-order valence-electron chi connectivity index (χ2n) is 4.49. The molecule has 2 aromatic heterocycles. The van der Waals surface area contributed by atoms with Crippen molar-refractivity contribution in [2.75, 3.05) is 6.54 Å². The molecule has 0 bridgehead atoms. The van der Waals surface area contributed by atoms with Crippen molar-refractivity contribution in [2.24, 2.45) is 7.05 Å². The fraction of sp³-hybridized carbons (Fsp3) is 0.417. The largest absolute Gasteiger partial charge is 0.360 e. The molecule has 19 heavy (non-hydrogen) atoms. The van der Waals surface area contributed by atoms with E-state index in [-0.39, 0.29) is 4.90 Å². The Balaban J connectivity index is 2.03. The van der Waals surface area contributed by atoms with Crippen molar-refractivity contribution in [1.82, 2.24) is 14.4 Å². The van der Waals surface area contributed by atoms with Crippen molar-refractivity contribution < 1.29 is 12.9 Å². The second kappa shape index (κ2) is 5.18. The van der Waals surface area contributed by atoms with Gasteiger partial charge in [0.05, 0.1) is 0 Å². The maximum absolute atomic E-state index is 12.1. The molecule has 0 unspecified atom stereocenters. The van der Waals surface area contributed by atoms with E-state index >= 15 is 0 Å². The van der Waals surface area contributed by atoms with Crippen molar-refractivity contribution in [3.05, 3.63) is 35.5 Å². The van der Waals surface area contributed by atoms with Crippen LogP contribution in [0, 0.1) is 13.8 Å². The smallest absolute Gasteiger partial charge is 0.245 e. The van der Waals surface area contributed by atoms with Crippen LogP contribution in [-0.4, -0.2) is 24.7 Å². The second-order valence-corrected chi connectivity index (χ2v) is 6.19. The van der Waals surface area contributed by atoms with E-state index in [2.05, 4.69) is 9.88 Å². The molecule has 7 heteroatoms. The molecular weight excluding hydrogens is 266 g/mol. The van der Waals surface area contributed by atoms with Crippen molar-refractivity contribution in [2.45, 2.75) is 25.2 Å². The standard InChI is InChI=1S/C12H17N3O3S/c1-9-12(10(2)18-14-9)19(16,17)13-6-4-11-5-7-15(3)8-11/h5,7-8,13H,4,6H2,1-3H3. The van der Waals surface area contributed by atoms with Gasteiger partial charge in [0.25, 0.3) is 0 Å². The Morgan fingerprint density at radius 1 is 1.42 bits per heavy atom. The van der Waals surface area contributed by atoms with Crippen LogP contribution in [0.1, 0.15) is 17.0 Å². The van der Waals surface area contributed by atoms with Crippen molar-refractivity contribution >= 4 is 10.0 Å². The van der Waals surface area contributed by atoms with Crippen LogP contribution in [0.15, 0.2) is 27.9 Å². The van der Waals surface area contributed by atoms with E-state index in [1.807, 2.05) is 30.1 Å². The zero-order chi connectivity index (χ0) is 14.0. The molecule has 0 aliphatic heterocycles. The predicted octanol–water partition coefficient (Wildman–Crippen LogP) is 1.15. The van der Waals surface area contributed by atoms with E-state index in [1.54, 1.807) is 13.8 Å². The topological polar surface area (TPSA) is 77.1 Å². The highest BCUT2D eigenvalue weighted by molar-refractivity contribution is 7.89. The fourth-order valence-corrected chi connectivity index (χ4v) is 3.33. The quantitative estimate of drug-likeness (QED) is 0.893. The van der Waals surface area contributed by atoms with Crippen LogP contribution < -0.4 is 4.72 Å². The Morgan fingerprint density at radius 2 is 2.16 bits per heavy atom. The van der Waals surface area contributed by atoms with Gasteiger partial charge in [-0.15, -0.1) is 0 Å². The van der Waals surface area contributed by atoms with Crippen LogP contribution in [0.3, 0.4) is 0 Å². The van der Waals surface area contributed by atoms with Gasteiger partial charge in [-0.05, 0) is 31.9 Å². The first-order valence-corrected chi connectivity index (χ1v) is 7.42. The normalized spacial score (nSPS) is 11.9. The van der Waals surface area contributed by atoms with Gasteiger partial charge in [0.2, 0.25) is 10.0 Å². The first kappa shape index (κ1) is 13.8. The zero-order valence-corrected chi connectivity index (χ0v) is 12.0. The van der Waals surface area contributed by atoms with Gasteiger partial charge >= 0.3 is 0 Å². The van der Waals surface area contributed by atoms with E-state index < -0.39 is 10.0 Å².